The fourth-order valence-electron chi connectivity index (χ4n) is 6.05. The Hall–Kier alpha value is -1.24. The molecular weight excluding hydrogens is 266 g/mol. The van der Waals surface area contributed by atoms with Crippen LogP contribution in [0.4, 0.5) is 5.69 Å². The Bertz CT molecular complexity index is 654. The second-order valence-electron chi connectivity index (χ2n) is 8.54. The summed E-state index contributed by atoms with van der Waals surface area (Å²) in [6.07, 6.45) is 5.27. The summed E-state index contributed by atoms with van der Waals surface area (Å²) >= 11 is 0. The molecule has 1 saturated carbocycles. The first kappa shape index (κ1) is 14.4. The van der Waals surface area contributed by atoms with Crippen molar-refractivity contribution in [2.24, 2.45) is 16.7 Å². The number of fused-ring (bicyclic) bond motifs is 3. The second-order valence-corrected chi connectivity index (χ2v) is 8.54. The van der Waals surface area contributed by atoms with Gasteiger partial charge in [0.15, 0.2) is 0 Å². The van der Waals surface area contributed by atoms with Gasteiger partial charge in [0.2, 0.25) is 0 Å². The highest BCUT2D eigenvalue weighted by Gasteiger charge is 2.61. The van der Waals surface area contributed by atoms with Crippen LogP contribution in [0.2, 0.25) is 0 Å². The molecule has 3 atom stereocenters. The summed E-state index contributed by atoms with van der Waals surface area (Å²) in [4.78, 5) is 2.57. The first-order valence-corrected chi connectivity index (χ1v) is 8.90. The van der Waals surface area contributed by atoms with Gasteiger partial charge in [-0.1, -0.05) is 44.5 Å². The molecule has 0 spiro atoms. The Balaban J connectivity index is 1.78. The fraction of sp³-hybridized carbons (Fsp3) is 0.619. The van der Waals surface area contributed by atoms with Crippen molar-refractivity contribution < 1.29 is 0 Å². The van der Waals surface area contributed by atoms with Gasteiger partial charge < -0.3 is 4.90 Å². The molecule has 4 rings (SSSR count). The lowest BCUT2D eigenvalue weighted by Crippen LogP contribution is -2.43. The van der Waals surface area contributed by atoms with E-state index in [9.17, 15) is 0 Å². The molecule has 1 nitrogen and oxygen atoms in total. The van der Waals surface area contributed by atoms with E-state index in [1.165, 1.54) is 36.9 Å². The summed E-state index contributed by atoms with van der Waals surface area (Å²) in [5.74, 6) is 0.804. The van der Waals surface area contributed by atoms with E-state index in [-0.39, 0.29) is 0 Å². The number of benzene rings is 1. The fourth-order valence-corrected chi connectivity index (χ4v) is 6.05. The highest BCUT2D eigenvalue weighted by Crippen LogP contribution is 2.69. The Morgan fingerprint density at radius 1 is 1.09 bits per heavy atom. The molecule has 2 aliphatic carbocycles. The number of hydrogen-bond acceptors (Lipinski definition) is 1. The third-order valence-electron chi connectivity index (χ3n) is 7.63. The number of allylic oxidation sites excluding steroid dienone is 1. The van der Waals surface area contributed by atoms with E-state index in [1.54, 1.807) is 11.1 Å². The Morgan fingerprint density at radius 3 is 2.50 bits per heavy atom. The van der Waals surface area contributed by atoms with Crippen molar-refractivity contribution in [2.45, 2.75) is 59.4 Å². The van der Waals surface area contributed by atoms with Gasteiger partial charge in [-0.3, -0.25) is 0 Å². The van der Waals surface area contributed by atoms with Crippen molar-refractivity contribution >= 4 is 5.69 Å². The summed E-state index contributed by atoms with van der Waals surface area (Å²) in [5, 5.41) is 0. The molecule has 1 aromatic rings. The number of aryl methyl sites for hydroxylation is 1. The monoisotopic (exact) mass is 295 g/mol. The van der Waals surface area contributed by atoms with Gasteiger partial charge in [-0.2, -0.15) is 0 Å². The van der Waals surface area contributed by atoms with Crippen LogP contribution in [0.3, 0.4) is 0 Å². The van der Waals surface area contributed by atoms with Gasteiger partial charge in [0, 0.05) is 12.7 Å². The minimum Gasteiger partial charge on any atom is -0.368 e. The largest absolute Gasteiger partial charge is 0.368 e. The summed E-state index contributed by atoms with van der Waals surface area (Å²) in [6, 6.07) is 9.57. The van der Waals surface area contributed by atoms with Crippen LogP contribution in [0.5, 0.6) is 0 Å². The van der Waals surface area contributed by atoms with E-state index in [4.69, 9.17) is 0 Å². The predicted octanol–water partition coefficient (Wildman–Crippen LogP) is 5.21. The smallest absolute Gasteiger partial charge is 0.0510 e. The summed E-state index contributed by atoms with van der Waals surface area (Å²) in [7, 11) is 2.31. The average molecular weight is 295 g/mol. The molecular formula is C21H29N. The molecule has 1 unspecified atom stereocenters. The molecule has 0 radical (unpaired) electrons. The number of rotatable bonds is 1. The predicted molar refractivity (Wildman–Crippen MR) is 94.3 cm³/mol. The molecule has 1 heteroatoms. The van der Waals surface area contributed by atoms with Crippen molar-refractivity contribution in [2.75, 3.05) is 11.9 Å². The summed E-state index contributed by atoms with van der Waals surface area (Å²) < 4.78 is 0. The maximum atomic E-state index is 2.57. The Labute approximate surface area is 135 Å². The van der Waals surface area contributed by atoms with E-state index in [0.29, 0.717) is 16.9 Å². The van der Waals surface area contributed by atoms with Crippen LogP contribution in [-0.2, 0) is 6.42 Å². The van der Waals surface area contributed by atoms with Crippen LogP contribution >= 0.6 is 0 Å². The van der Waals surface area contributed by atoms with Crippen LogP contribution in [0.15, 0.2) is 35.4 Å². The van der Waals surface area contributed by atoms with E-state index < -0.39 is 0 Å². The van der Waals surface area contributed by atoms with Gasteiger partial charge in [-0.15, -0.1) is 0 Å². The van der Waals surface area contributed by atoms with Crippen LogP contribution in [-0.4, -0.2) is 13.1 Å². The second kappa shape index (κ2) is 4.40. The van der Waals surface area contributed by atoms with Crippen LogP contribution in [0.25, 0.3) is 0 Å². The normalized spacial score (nSPS) is 36.0. The minimum absolute atomic E-state index is 0.396. The highest BCUT2D eigenvalue weighted by atomic mass is 15.1. The molecule has 0 saturated heterocycles. The standard InChI is InChI=1S/C21H29N/c1-14-16-12-13-21(4,20(16,2)3)19(14)18-11-10-15-8-6-7-9-17(15)22(18)5/h6-9,16,18H,10-13H2,1-5H3/t16-,18?,21-/m0/s1. The van der Waals surface area contributed by atoms with Crippen LogP contribution in [0, 0.1) is 16.7 Å². The number of hydrogen-bond donors (Lipinski definition) is 0. The maximum absolute atomic E-state index is 2.57. The molecule has 1 fully saturated rings. The van der Waals surface area contributed by atoms with Gasteiger partial charge >= 0.3 is 0 Å². The highest BCUT2D eigenvalue weighted by molar-refractivity contribution is 5.59. The summed E-state index contributed by atoms with van der Waals surface area (Å²) in [6.45, 7) is 10.0. The zero-order chi connectivity index (χ0) is 15.7. The van der Waals surface area contributed by atoms with E-state index >= 15 is 0 Å². The molecule has 0 N–H and O–H groups in total. The number of nitrogens with zero attached hydrogens (tertiary/aromatic N) is 1. The first-order chi connectivity index (χ1) is 10.4. The lowest BCUT2D eigenvalue weighted by Gasteiger charge is -2.45. The molecule has 1 aliphatic heterocycles. The number of anilines is 1. The van der Waals surface area contributed by atoms with Crippen molar-refractivity contribution in [3.05, 3.63) is 41.0 Å². The SMILES string of the molecule is CC1=C(C2CCc3ccccc3N2C)[C@]2(C)CC[C@@H]1C2(C)C. The van der Waals surface area contributed by atoms with Crippen LogP contribution < -0.4 is 4.90 Å². The van der Waals surface area contributed by atoms with Crippen molar-refractivity contribution in [1.29, 1.82) is 0 Å². The molecule has 2 bridgehead atoms. The average Bonchev–Trinajstić information content (AvgIpc) is 2.80. The van der Waals surface area contributed by atoms with Gasteiger partial charge in [0.25, 0.3) is 0 Å². The third kappa shape index (κ3) is 1.55. The quantitative estimate of drug-likeness (QED) is 0.643. The molecule has 0 aromatic heterocycles. The van der Waals surface area contributed by atoms with Gasteiger partial charge in [-0.25, -0.2) is 0 Å². The zero-order valence-electron chi connectivity index (χ0n) is 14.7. The van der Waals surface area contributed by atoms with Crippen molar-refractivity contribution in [3.63, 3.8) is 0 Å². The van der Waals surface area contributed by atoms with E-state index in [1.807, 2.05) is 0 Å². The third-order valence-corrected chi connectivity index (χ3v) is 7.63. The first-order valence-electron chi connectivity index (χ1n) is 8.90. The maximum Gasteiger partial charge on any atom is 0.0510 e. The van der Waals surface area contributed by atoms with Crippen LogP contribution in [0.1, 0.15) is 52.5 Å². The lowest BCUT2D eigenvalue weighted by molar-refractivity contribution is 0.162. The lowest BCUT2D eigenvalue weighted by atomic mass is 9.65. The molecule has 118 valence electrons. The molecule has 3 aliphatic rings. The van der Waals surface area contributed by atoms with Gasteiger partial charge in [0.1, 0.15) is 0 Å². The zero-order valence-corrected chi connectivity index (χ0v) is 14.7. The van der Waals surface area contributed by atoms with E-state index in [0.717, 1.165) is 5.92 Å². The topological polar surface area (TPSA) is 3.24 Å². The number of likely N-dealkylation sites (N-methyl/N-ethyl adjacent to an activating group) is 1. The Morgan fingerprint density at radius 2 is 1.82 bits per heavy atom. The minimum atomic E-state index is 0.396. The van der Waals surface area contributed by atoms with Gasteiger partial charge in [-0.05, 0) is 66.6 Å². The van der Waals surface area contributed by atoms with E-state index in [2.05, 4.69) is 63.9 Å². The summed E-state index contributed by atoms with van der Waals surface area (Å²) in [5.41, 5.74) is 7.30. The van der Waals surface area contributed by atoms with Crippen molar-refractivity contribution in [3.8, 4) is 0 Å². The molecule has 1 heterocycles. The van der Waals surface area contributed by atoms with Crippen molar-refractivity contribution in [1.82, 2.24) is 0 Å². The molecule has 0 amide bonds. The molecule has 22 heavy (non-hydrogen) atoms. The Kier molecular flexibility index (Phi) is 2.87. The molecule has 1 aromatic carbocycles. The van der Waals surface area contributed by atoms with Gasteiger partial charge in [0.05, 0.1) is 6.04 Å². The number of para-hydroxylation sites is 1.